The van der Waals surface area contributed by atoms with Crippen LogP contribution >= 0.6 is 0 Å². The monoisotopic (exact) mass is 279 g/mol. The highest BCUT2D eigenvalue weighted by molar-refractivity contribution is 5.92. The number of halogens is 1. The minimum atomic E-state index is -0.350. The molecule has 1 saturated heterocycles. The third kappa shape index (κ3) is 4.02. The summed E-state index contributed by atoms with van der Waals surface area (Å²) < 4.78 is 13.1. The lowest BCUT2D eigenvalue weighted by atomic mass is 9.93. The quantitative estimate of drug-likeness (QED) is 0.884. The Morgan fingerprint density at radius 1 is 1.50 bits per heavy atom. The molecule has 0 aromatic heterocycles. The Bertz CT molecular complexity index is 466. The molecule has 2 unspecified atom stereocenters. The second-order valence-corrected chi connectivity index (χ2v) is 5.52. The van der Waals surface area contributed by atoms with Crippen LogP contribution in [0.4, 0.5) is 10.1 Å². The third-order valence-electron chi connectivity index (χ3n) is 3.90. The lowest BCUT2D eigenvalue weighted by molar-refractivity contribution is -0.118. The summed E-state index contributed by atoms with van der Waals surface area (Å²) in [6.45, 7) is 3.97. The molecule has 3 N–H and O–H groups in total. The van der Waals surface area contributed by atoms with E-state index in [4.69, 9.17) is 5.73 Å². The van der Waals surface area contributed by atoms with Gasteiger partial charge in [0, 0.05) is 18.3 Å². The van der Waals surface area contributed by atoms with E-state index in [1.165, 1.54) is 12.1 Å². The van der Waals surface area contributed by atoms with Crippen LogP contribution in [0.25, 0.3) is 0 Å². The molecule has 0 aliphatic carbocycles. The van der Waals surface area contributed by atoms with Crippen LogP contribution in [0, 0.1) is 11.7 Å². The number of anilines is 1. The Morgan fingerprint density at radius 2 is 2.30 bits per heavy atom. The van der Waals surface area contributed by atoms with Crippen molar-refractivity contribution in [3.05, 3.63) is 30.1 Å². The van der Waals surface area contributed by atoms with Gasteiger partial charge in [0.25, 0.3) is 0 Å². The topological polar surface area (TPSA) is 58.4 Å². The van der Waals surface area contributed by atoms with Crippen LogP contribution in [0.2, 0.25) is 0 Å². The average Bonchev–Trinajstić information content (AvgIpc) is 2.41. The molecular weight excluding hydrogens is 257 g/mol. The number of likely N-dealkylation sites (tertiary alicyclic amines) is 1. The average molecular weight is 279 g/mol. The van der Waals surface area contributed by atoms with E-state index in [0.717, 1.165) is 19.4 Å². The first kappa shape index (κ1) is 14.9. The molecular formula is C15H22FN3O. The number of hydrogen-bond donors (Lipinski definition) is 2. The van der Waals surface area contributed by atoms with Crippen molar-refractivity contribution in [2.24, 2.45) is 11.7 Å². The van der Waals surface area contributed by atoms with Gasteiger partial charge in [0.2, 0.25) is 5.91 Å². The van der Waals surface area contributed by atoms with Gasteiger partial charge in [0.1, 0.15) is 5.82 Å². The molecule has 0 saturated carbocycles. The summed E-state index contributed by atoms with van der Waals surface area (Å²) in [6, 6.07) is 6.33. The summed E-state index contributed by atoms with van der Waals surface area (Å²) in [5, 5.41) is 2.73. The summed E-state index contributed by atoms with van der Waals surface area (Å²) in [6.07, 6.45) is 2.19. The van der Waals surface area contributed by atoms with E-state index in [-0.39, 0.29) is 11.7 Å². The van der Waals surface area contributed by atoms with Crippen LogP contribution in [0.15, 0.2) is 24.3 Å². The first-order valence-electron chi connectivity index (χ1n) is 7.08. The van der Waals surface area contributed by atoms with Crippen molar-refractivity contribution in [2.45, 2.75) is 25.8 Å². The first-order chi connectivity index (χ1) is 9.58. The van der Waals surface area contributed by atoms with Crippen LogP contribution in [0.5, 0.6) is 0 Å². The van der Waals surface area contributed by atoms with Gasteiger partial charge < -0.3 is 11.1 Å². The van der Waals surface area contributed by atoms with E-state index in [0.29, 0.717) is 30.7 Å². The van der Waals surface area contributed by atoms with Gasteiger partial charge in [-0.1, -0.05) is 6.07 Å². The zero-order valence-corrected chi connectivity index (χ0v) is 11.8. The van der Waals surface area contributed by atoms with E-state index in [2.05, 4.69) is 17.1 Å². The van der Waals surface area contributed by atoms with Gasteiger partial charge in [-0.2, -0.15) is 0 Å². The molecule has 1 amide bonds. The number of nitrogens with two attached hydrogens (primary N) is 1. The zero-order valence-electron chi connectivity index (χ0n) is 11.8. The van der Waals surface area contributed by atoms with E-state index >= 15 is 0 Å². The molecule has 1 aliphatic heterocycles. The van der Waals surface area contributed by atoms with Crippen LogP contribution < -0.4 is 11.1 Å². The van der Waals surface area contributed by atoms with Gasteiger partial charge in [0.05, 0.1) is 6.54 Å². The molecule has 20 heavy (non-hydrogen) atoms. The highest BCUT2D eigenvalue weighted by Gasteiger charge is 2.25. The number of benzene rings is 1. The second-order valence-electron chi connectivity index (χ2n) is 5.52. The summed E-state index contributed by atoms with van der Waals surface area (Å²) in [4.78, 5) is 14.2. The molecule has 0 bridgehead atoms. The van der Waals surface area contributed by atoms with Crippen molar-refractivity contribution < 1.29 is 9.18 Å². The molecule has 5 heteroatoms. The second kappa shape index (κ2) is 6.81. The summed E-state index contributed by atoms with van der Waals surface area (Å²) in [5.74, 6) is 0.00521. The smallest absolute Gasteiger partial charge is 0.238 e. The maximum Gasteiger partial charge on any atom is 0.238 e. The predicted molar refractivity (Wildman–Crippen MR) is 77.8 cm³/mol. The number of nitrogens with zero attached hydrogens (tertiary/aromatic N) is 1. The Labute approximate surface area is 119 Å². The Hall–Kier alpha value is -1.46. The molecule has 0 radical (unpaired) electrons. The van der Waals surface area contributed by atoms with Crippen LogP contribution in [-0.4, -0.2) is 36.5 Å². The number of amides is 1. The largest absolute Gasteiger partial charge is 0.330 e. The van der Waals surface area contributed by atoms with Gasteiger partial charge in [-0.05, 0) is 50.4 Å². The number of carbonyl (C=O) groups excluding carboxylic acids is 1. The molecule has 1 aromatic rings. The molecule has 2 atom stereocenters. The van der Waals surface area contributed by atoms with E-state index in [1.807, 2.05) is 0 Å². The van der Waals surface area contributed by atoms with Crippen LogP contribution in [0.3, 0.4) is 0 Å². The highest BCUT2D eigenvalue weighted by atomic mass is 19.1. The summed E-state index contributed by atoms with van der Waals surface area (Å²) in [7, 11) is 0. The standard InChI is InChI=1S/C15H22FN3O/c1-11-5-6-12(8-17)9-19(11)10-15(20)18-14-4-2-3-13(16)7-14/h2-4,7,11-12H,5-6,8-10,17H2,1H3,(H,18,20). The number of hydrogen-bond acceptors (Lipinski definition) is 3. The number of piperidine rings is 1. The Balaban J connectivity index is 1.90. The van der Waals surface area contributed by atoms with Gasteiger partial charge in [-0.3, -0.25) is 9.69 Å². The Morgan fingerprint density at radius 3 is 3.00 bits per heavy atom. The Kier molecular flexibility index (Phi) is 5.09. The molecule has 1 aromatic carbocycles. The van der Waals surface area contributed by atoms with Crippen LogP contribution in [-0.2, 0) is 4.79 Å². The molecule has 1 aliphatic rings. The maximum absolute atomic E-state index is 13.1. The maximum atomic E-state index is 13.1. The lowest BCUT2D eigenvalue weighted by Gasteiger charge is -2.37. The molecule has 110 valence electrons. The van der Waals surface area contributed by atoms with Crippen molar-refractivity contribution in [2.75, 3.05) is 25.0 Å². The first-order valence-corrected chi connectivity index (χ1v) is 7.08. The number of carbonyl (C=O) groups is 1. The predicted octanol–water partition coefficient (Wildman–Crippen LogP) is 1.82. The summed E-state index contributed by atoms with van der Waals surface area (Å²) >= 11 is 0. The fourth-order valence-electron chi connectivity index (χ4n) is 2.63. The molecule has 0 spiro atoms. The third-order valence-corrected chi connectivity index (χ3v) is 3.90. The van der Waals surface area contributed by atoms with Gasteiger partial charge >= 0.3 is 0 Å². The van der Waals surface area contributed by atoms with E-state index in [9.17, 15) is 9.18 Å². The minimum absolute atomic E-state index is 0.111. The van der Waals surface area contributed by atoms with Gasteiger partial charge in [-0.15, -0.1) is 0 Å². The van der Waals surface area contributed by atoms with Gasteiger partial charge in [0.15, 0.2) is 0 Å². The molecule has 4 nitrogen and oxygen atoms in total. The molecule has 2 rings (SSSR count). The fraction of sp³-hybridized carbons (Fsp3) is 0.533. The van der Waals surface area contributed by atoms with Crippen molar-refractivity contribution in [1.82, 2.24) is 4.90 Å². The van der Waals surface area contributed by atoms with E-state index in [1.54, 1.807) is 12.1 Å². The van der Waals surface area contributed by atoms with Crippen molar-refractivity contribution >= 4 is 11.6 Å². The van der Waals surface area contributed by atoms with Crippen molar-refractivity contribution in [3.63, 3.8) is 0 Å². The lowest BCUT2D eigenvalue weighted by Crippen LogP contribution is -2.47. The fourth-order valence-corrected chi connectivity index (χ4v) is 2.63. The summed E-state index contributed by atoms with van der Waals surface area (Å²) in [5.41, 5.74) is 6.21. The normalized spacial score (nSPS) is 23.6. The highest BCUT2D eigenvalue weighted by Crippen LogP contribution is 2.21. The molecule has 1 heterocycles. The van der Waals surface area contributed by atoms with Crippen molar-refractivity contribution in [1.29, 1.82) is 0 Å². The van der Waals surface area contributed by atoms with Crippen LogP contribution in [0.1, 0.15) is 19.8 Å². The zero-order chi connectivity index (χ0) is 14.5. The van der Waals surface area contributed by atoms with E-state index < -0.39 is 0 Å². The van der Waals surface area contributed by atoms with Gasteiger partial charge in [-0.25, -0.2) is 4.39 Å². The minimum Gasteiger partial charge on any atom is -0.330 e. The van der Waals surface area contributed by atoms with Crippen molar-refractivity contribution in [3.8, 4) is 0 Å². The molecule has 1 fully saturated rings. The number of nitrogens with one attached hydrogen (secondary N) is 1. The number of rotatable bonds is 4. The SMILES string of the molecule is CC1CCC(CN)CN1CC(=O)Nc1cccc(F)c1.